The summed E-state index contributed by atoms with van der Waals surface area (Å²) in [6.45, 7) is 8.94. The number of hydrogen-bond donors (Lipinski definition) is 0. The first kappa shape index (κ1) is 18.7. The van der Waals surface area contributed by atoms with E-state index < -0.39 is 0 Å². The zero-order valence-corrected chi connectivity index (χ0v) is 17.5. The van der Waals surface area contributed by atoms with Gasteiger partial charge in [0, 0.05) is 36.9 Å². The van der Waals surface area contributed by atoms with Crippen LogP contribution in [0.4, 0.5) is 5.82 Å². The Kier molecular flexibility index (Phi) is 4.88. The number of rotatable bonds is 5. The van der Waals surface area contributed by atoms with Crippen molar-refractivity contribution < 1.29 is 0 Å². The molecule has 1 aliphatic heterocycles. The lowest BCUT2D eigenvalue weighted by Gasteiger charge is -2.30. The van der Waals surface area contributed by atoms with Gasteiger partial charge in [-0.3, -0.25) is 0 Å². The maximum absolute atomic E-state index is 4.91. The van der Waals surface area contributed by atoms with Crippen LogP contribution >= 0.6 is 0 Å². The van der Waals surface area contributed by atoms with Crippen molar-refractivity contribution in [2.75, 3.05) is 11.4 Å². The Bertz CT molecular complexity index is 1200. The van der Waals surface area contributed by atoms with Crippen molar-refractivity contribution in [2.45, 2.75) is 32.9 Å². The summed E-state index contributed by atoms with van der Waals surface area (Å²) in [4.78, 5) is 7.36. The molecule has 2 aromatic carbocycles. The summed E-state index contributed by atoms with van der Waals surface area (Å²) in [6.07, 6.45) is 5.92. The van der Waals surface area contributed by atoms with E-state index in [2.05, 4.69) is 83.6 Å². The van der Waals surface area contributed by atoms with E-state index >= 15 is 0 Å². The number of allylic oxidation sites excluding steroid dienone is 1. The summed E-state index contributed by atoms with van der Waals surface area (Å²) < 4.78 is 2.38. The number of anilines is 1. The zero-order valence-electron chi connectivity index (χ0n) is 17.5. The van der Waals surface area contributed by atoms with Crippen molar-refractivity contribution in [3.8, 4) is 0 Å². The lowest BCUT2D eigenvalue weighted by Crippen LogP contribution is -2.31. The standard InChI is InChI=1S/C27H27N3/c1-3-16-30-20(2)24(18-21-9-5-4-6-10-21)26-25(30)13-15-28-27(26)29-17-14-22-11-7-8-12-23(22)19-29/h3-13,15H,1,14,16-19H2,2H3. The lowest BCUT2D eigenvalue weighted by molar-refractivity contribution is 0.724. The van der Waals surface area contributed by atoms with Gasteiger partial charge in [-0.15, -0.1) is 6.58 Å². The predicted octanol–water partition coefficient (Wildman–Crippen LogP) is 5.68. The molecular weight excluding hydrogens is 366 g/mol. The van der Waals surface area contributed by atoms with E-state index in [-0.39, 0.29) is 0 Å². The van der Waals surface area contributed by atoms with Crippen molar-refractivity contribution in [3.05, 3.63) is 107 Å². The molecule has 0 saturated carbocycles. The van der Waals surface area contributed by atoms with Crippen molar-refractivity contribution >= 4 is 16.7 Å². The highest BCUT2D eigenvalue weighted by atomic mass is 15.2. The molecule has 0 unspecified atom stereocenters. The summed E-state index contributed by atoms with van der Waals surface area (Å²) in [5, 5.41) is 1.29. The number of aromatic nitrogens is 2. The maximum Gasteiger partial charge on any atom is 0.138 e. The Morgan fingerprint density at radius 1 is 1.00 bits per heavy atom. The number of pyridine rings is 1. The van der Waals surface area contributed by atoms with Crippen molar-refractivity contribution in [1.82, 2.24) is 9.55 Å². The second kappa shape index (κ2) is 7.83. The molecule has 0 amide bonds. The van der Waals surface area contributed by atoms with Crippen molar-refractivity contribution in [3.63, 3.8) is 0 Å². The molecule has 30 heavy (non-hydrogen) atoms. The molecule has 0 aliphatic carbocycles. The van der Waals surface area contributed by atoms with Gasteiger partial charge in [0.2, 0.25) is 0 Å². The minimum atomic E-state index is 0.809. The second-order valence-electron chi connectivity index (χ2n) is 8.09. The highest BCUT2D eigenvalue weighted by molar-refractivity contribution is 5.95. The fourth-order valence-corrected chi connectivity index (χ4v) is 4.78. The van der Waals surface area contributed by atoms with E-state index in [1.165, 1.54) is 38.9 Å². The fourth-order valence-electron chi connectivity index (χ4n) is 4.78. The van der Waals surface area contributed by atoms with Gasteiger partial charge in [0.05, 0.1) is 5.52 Å². The Hall–Kier alpha value is -3.33. The van der Waals surface area contributed by atoms with Crippen LogP contribution in [0.2, 0.25) is 0 Å². The lowest BCUT2D eigenvalue weighted by atomic mass is 9.98. The first-order valence-electron chi connectivity index (χ1n) is 10.7. The Balaban J connectivity index is 1.66. The molecule has 3 heterocycles. The summed E-state index contributed by atoms with van der Waals surface area (Å²) in [7, 11) is 0. The third kappa shape index (κ3) is 3.21. The average Bonchev–Trinajstić information content (AvgIpc) is 3.06. The molecule has 150 valence electrons. The van der Waals surface area contributed by atoms with E-state index in [1.807, 2.05) is 12.3 Å². The SMILES string of the molecule is C=CCn1c(C)c(Cc2ccccc2)c2c(N3CCc4ccccc4C3)nccc21. The molecule has 0 N–H and O–H groups in total. The van der Waals surface area contributed by atoms with Crippen LogP contribution in [-0.2, 0) is 25.9 Å². The van der Waals surface area contributed by atoms with Crippen LogP contribution in [0.25, 0.3) is 10.9 Å². The summed E-state index contributed by atoms with van der Waals surface area (Å²) in [5.74, 6) is 1.11. The molecule has 3 nitrogen and oxygen atoms in total. The van der Waals surface area contributed by atoms with E-state index in [0.29, 0.717) is 0 Å². The van der Waals surface area contributed by atoms with Crippen molar-refractivity contribution in [1.29, 1.82) is 0 Å². The normalized spacial score (nSPS) is 13.4. The summed E-state index contributed by atoms with van der Waals surface area (Å²) in [6, 6.07) is 21.7. The molecule has 0 saturated heterocycles. The molecule has 3 heteroatoms. The molecule has 0 spiro atoms. The molecule has 2 aromatic heterocycles. The van der Waals surface area contributed by atoms with Gasteiger partial charge in [-0.25, -0.2) is 4.98 Å². The van der Waals surface area contributed by atoms with Crippen LogP contribution in [0, 0.1) is 6.92 Å². The smallest absolute Gasteiger partial charge is 0.138 e. The van der Waals surface area contributed by atoms with Gasteiger partial charge < -0.3 is 9.47 Å². The fraction of sp³-hybridized carbons (Fsp3) is 0.222. The first-order chi connectivity index (χ1) is 14.8. The third-order valence-electron chi connectivity index (χ3n) is 6.31. The number of fused-ring (bicyclic) bond motifs is 2. The van der Waals surface area contributed by atoms with Crippen LogP contribution in [0.1, 0.15) is 27.9 Å². The van der Waals surface area contributed by atoms with Gasteiger partial charge >= 0.3 is 0 Å². The topological polar surface area (TPSA) is 21.1 Å². The van der Waals surface area contributed by atoms with E-state index in [4.69, 9.17) is 4.98 Å². The highest BCUT2D eigenvalue weighted by Gasteiger charge is 2.23. The molecule has 0 radical (unpaired) electrons. The Morgan fingerprint density at radius 2 is 1.77 bits per heavy atom. The number of nitrogens with zero attached hydrogens (tertiary/aromatic N) is 3. The van der Waals surface area contributed by atoms with Crippen LogP contribution < -0.4 is 4.90 Å². The average molecular weight is 394 g/mol. The minimum Gasteiger partial charge on any atom is -0.351 e. The summed E-state index contributed by atoms with van der Waals surface area (Å²) >= 11 is 0. The molecule has 0 bridgehead atoms. The van der Waals surface area contributed by atoms with Crippen molar-refractivity contribution in [2.24, 2.45) is 0 Å². The van der Waals surface area contributed by atoms with E-state index in [9.17, 15) is 0 Å². The summed E-state index contributed by atoms with van der Waals surface area (Å²) in [5.41, 5.74) is 8.14. The number of hydrogen-bond acceptors (Lipinski definition) is 2. The third-order valence-corrected chi connectivity index (χ3v) is 6.31. The van der Waals surface area contributed by atoms with Crippen LogP contribution in [0.15, 0.2) is 79.5 Å². The molecular formula is C27H27N3. The van der Waals surface area contributed by atoms with Gasteiger partial charge in [0.25, 0.3) is 0 Å². The number of benzene rings is 2. The first-order valence-corrected chi connectivity index (χ1v) is 10.7. The van der Waals surface area contributed by atoms with Crippen LogP contribution in [-0.4, -0.2) is 16.1 Å². The monoisotopic (exact) mass is 393 g/mol. The van der Waals surface area contributed by atoms with Gasteiger partial charge in [-0.2, -0.15) is 0 Å². The van der Waals surface area contributed by atoms with Gasteiger partial charge in [-0.1, -0.05) is 60.7 Å². The molecule has 0 fully saturated rings. The Labute approximate surface area is 178 Å². The van der Waals surface area contributed by atoms with E-state index in [1.54, 1.807) is 0 Å². The van der Waals surface area contributed by atoms with Gasteiger partial charge in [-0.05, 0) is 48.1 Å². The minimum absolute atomic E-state index is 0.809. The highest BCUT2D eigenvalue weighted by Crippen LogP contribution is 2.36. The molecule has 0 atom stereocenters. The quantitative estimate of drug-likeness (QED) is 0.407. The zero-order chi connectivity index (χ0) is 20.5. The molecule has 5 rings (SSSR count). The van der Waals surface area contributed by atoms with Gasteiger partial charge in [0.15, 0.2) is 0 Å². The Morgan fingerprint density at radius 3 is 2.57 bits per heavy atom. The predicted molar refractivity (Wildman–Crippen MR) is 125 cm³/mol. The van der Waals surface area contributed by atoms with Gasteiger partial charge in [0.1, 0.15) is 5.82 Å². The largest absolute Gasteiger partial charge is 0.351 e. The van der Waals surface area contributed by atoms with E-state index in [0.717, 1.165) is 38.3 Å². The van der Waals surface area contributed by atoms with Crippen LogP contribution in [0.5, 0.6) is 0 Å². The van der Waals surface area contributed by atoms with Crippen LogP contribution in [0.3, 0.4) is 0 Å². The maximum atomic E-state index is 4.91. The second-order valence-corrected chi connectivity index (χ2v) is 8.09. The molecule has 4 aromatic rings. The molecule has 1 aliphatic rings.